The van der Waals surface area contributed by atoms with E-state index in [4.69, 9.17) is 0 Å². The van der Waals surface area contributed by atoms with E-state index >= 15 is 0 Å². The van der Waals surface area contributed by atoms with Crippen molar-refractivity contribution in [3.8, 4) is 0 Å². The first-order valence-electron chi connectivity index (χ1n) is 9.73. The second-order valence-electron chi connectivity index (χ2n) is 6.85. The van der Waals surface area contributed by atoms with Gasteiger partial charge >= 0.3 is 0 Å². The Morgan fingerprint density at radius 3 is 2.39 bits per heavy atom. The van der Waals surface area contributed by atoms with E-state index < -0.39 is 0 Å². The molecule has 0 saturated carbocycles. The van der Waals surface area contributed by atoms with Crippen molar-refractivity contribution < 1.29 is 0 Å². The fraction of sp³-hybridized carbons (Fsp3) is 0.727. The number of unbranched alkanes of at least 4 members (excludes halogenated alkanes) is 3. The zero-order valence-electron chi connectivity index (χ0n) is 16.5. The summed E-state index contributed by atoms with van der Waals surface area (Å²) in [6.07, 6.45) is 20.2. The summed E-state index contributed by atoms with van der Waals surface area (Å²) in [7, 11) is 2.21. The Labute approximate surface area is 146 Å². The number of allylic oxidation sites excluding steroid dienone is 4. The van der Waals surface area contributed by atoms with Gasteiger partial charge < -0.3 is 4.90 Å². The van der Waals surface area contributed by atoms with Gasteiger partial charge in [0.05, 0.1) is 0 Å². The highest BCUT2D eigenvalue weighted by Gasteiger charge is 2.14. The maximum absolute atomic E-state index is 4.35. The van der Waals surface area contributed by atoms with Crippen LogP contribution >= 0.6 is 0 Å². The summed E-state index contributed by atoms with van der Waals surface area (Å²) in [5, 5.41) is 0. The molecule has 0 aliphatic rings. The standard InChI is InChI=1S/C22H41N/c1-7-10-12-13-14-16-17-20(4)23(6)21(5)19-22(9-3)18-15-11-8-2/h7,10,14,16,20,22H,5,8-9,11-13,15,17-19H2,1-4,6H3/b10-7-,16-14+. The summed E-state index contributed by atoms with van der Waals surface area (Å²) < 4.78 is 0. The molecular weight excluding hydrogens is 278 g/mol. The topological polar surface area (TPSA) is 3.24 Å². The normalized spacial score (nSPS) is 14.5. The van der Waals surface area contributed by atoms with Crippen molar-refractivity contribution in [2.45, 2.75) is 91.5 Å². The minimum absolute atomic E-state index is 0.536. The Kier molecular flexibility index (Phi) is 14.0. The van der Waals surface area contributed by atoms with Crippen LogP contribution in [0.1, 0.15) is 85.5 Å². The molecule has 1 nitrogen and oxygen atoms in total. The van der Waals surface area contributed by atoms with Gasteiger partial charge in [0.25, 0.3) is 0 Å². The molecule has 0 aromatic rings. The monoisotopic (exact) mass is 319 g/mol. The molecule has 0 spiro atoms. The summed E-state index contributed by atoms with van der Waals surface area (Å²) in [6, 6.07) is 0.536. The molecule has 0 aliphatic heterocycles. The molecule has 0 rings (SSSR count). The molecule has 0 heterocycles. The van der Waals surface area contributed by atoms with E-state index in [2.05, 4.69) is 70.5 Å². The van der Waals surface area contributed by atoms with Gasteiger partial charge in [0.15, 0.2) is 0 Å². The van der Waals surface area contributed by atoms with Gasteiger partial charge in [-0.1, -0.05) is 76.8 Å². The van der Waals surface area contributed by atoms with E-state index in [9.17, 15) is 0 Å². The van der Waals surface area contributed by atoms with Gasteiger partial charge in [-0.2, -0.15) is 0 Å². The van der Waals surface area contributed by atoms with Crippen LogP contribution in [0.25, 0.3) is 0 Å². The smallest absolute Gasteiger partial charge is 0.0289 e. The molecule has 0 saturated heterocycles. The maximum Gasteiger partial charge on any atom is 0.0289 e. The molecule has 2 atom stereocenters. The van der Waals surface area contributed by atoms with E-state index in [1.54, 1.807) is 0 Å². The SMILES string of the molecule is C=C(CC(CC)CCCCC)N(C)C(C)C/C=C/CC/C=C\C. The molecule has 0 N–H and O–H groups in total. The zero-order chi connectivity index (χ0) is 17.5. The van der Waals surface area contributed by atoms with Crippen LogP contribution < -0.4 is 0 Å². The van der Waals surface area contributed by atoms with Crippen molar-refractivity contribution in [2.24, 2.45) is 5.92 Å². The van der Waals surface area contributed by atoms with Gasteiger partial charge in [0.1, 0.15) is 0 Å². The lowest BCUT2D eigenvalue weighted by molar-refractivity contribution is 0.292. The Hall–Kier alpha value is -0.980. The fourth-order valence-electron chi connectivity index (χ4n) is 2.85. The average Bonchev–Trinajstić information content (AvgIpc) is 2.56. The molecule has 23 heavy (non-hydrogen) atoms. The van der Waals surface area contributed by atoms with Crippen LogP contribution in [-0.4, -0.2) is 18.0 Å². The van der Waals surface area contributed by atoms with Crippen molar-refractivity contribution in [1.29, 1.82) is 0 Å². The molecule has 1 heteroatoms. The van der Waals surface area contributed by atoms with Crippen molar-refractivity contribution in [1.82, 2.24) is 4.90 Å². The third-order valence-electron chi connectivity index (χ3n) is 4.86. The van der Waals surface area contributed by atoms with Crippen LogP contribution in [0.4, 0.5) is 0 Å². The Morgan fingerprint density at radius 1 is 1.09 bits per heavy atom. The van der Waals surface area contributed by atoms with E-state index in [-0.39, 0.29) is 0 Å². The molecule has 0 aromatic carbocycles. The number of rotatable bonds is 14. The first kappa shape index (κ1) is 22.0. The second kappa shape index (κ2) is 14.6. The molecule has 0 bridgehead atoms. The highest BCUT2D eigenvalue weighted by atomic mass is 15.1. The Balaban J connectivity index is 4.13. The molecule has 0 amide bonds. The quantitative estimate of drug-likeness (QED) is 0.243. The van der Waals surface area contributed by atoms with E-state index in [0.29, 0.717) is 6.04 Å². The van der Waals surface area contributed by atoms with Gasteiger partial charge in [-0.05, 0) is 45.4 Å². The lowest BCUT2D eigenvalue weighted by atomic mass is 9.93. The van der Waals surface area contributed by atoms with Crippen molar-refractivity contribution in [3.63, 3.8) is 0 Å². The van der Waals surface area contributed by atoms with Gasteiger partial charge in [0, 0.05) is 18.8 Å². The zero-order valence-corrected chi connectivity index (χ0v) is 16.5. The third-order valence-corrected chi connectivity index (χ3v) is 4.86. The molecule has 0 radical (unpaired) electrons. The van der Waals surface area contributed by atoms with Crippen LogP contribution in [0.3, 0.4) is 0 Å². The van der Waals surface area contributed by atoms with Gasteiger partial charge in [0.2, 0.25) is 0 Å². The molecule has 0 aromatic heterocycles. The van der Waals surface area contributed by atoms with Crippen LogP contribution in [-0.2, 0) is 0 Å². The fourth-order valence-corrected chi connectivity index (χ4v) is 2.85. The molecule has 134 valence electrons. The van der Waals surface area contributed by atoms with E-state index in [1.165, 1.54) is 37.8 Å². The van der Waals surface area contributed by atoms with Crippen LogP contribution in [0, 0.1) is 5.92 Å². The van der Waals surface area contributed by atoms with Gasteiger partial charge in [-0.25, -0.2) is 0 Å². The Morgan fingerprint density at radius 2 is 1.78 bits per heavy atom. The summed E-state index contributed by atoms with van der Waals surface area (Å²) in [5.74, 6) is 0.806. The summed E-state index contributed by atoms with van der Waals surface area (Å²) in [4.78, 5) is 2.39. The molecule has 0 aliphatic carbocycles. The third kappa shape index (κ3) is 11.2. The van der Waals surface area contributed by atoms with Gasteiger partial charge in [-0.15, -0.1) is 0 Å². The predicted molar refractivity (Wildman–Crippen MR) is 107 cm³/mol. The lowest BCUT2D eigenvalue weighted by Crippen LogP contribution is -2.28. The predicted octanol–water partition coefficient (Wildman–Crippen LogP) is 7.12. The highest BCUT2D eigenvalue weighted by molar-refractivity contribution is 4.98. The number of hydrogen-bond donors (Lipinski definition) is 0. The first-order chi connectivity index (χ1) is 11.1. The minimum Gasteiger partial charge on any atom is -0.375 e. The van der Waals surface area contributed by atoms with Gasteiger partial charge in [-0.3, -0.25) is 0 Å². The first-order valence-corrected chi connectivity index (χ1v) is 9.73. The van der Waals surface area contributed by atoms with Crippen LogP contribution in [0.15, 0.2) is 36.6 Å². The number of hydrogen-bond acceptors (Lipinski definition) is 1. The molecular formula is C22H41N. The molecule has 0 fully saturated rings. The Bertz CT molecular complexity index is 340. The highest BCUT2D eigenvalue weighted by Crippen LogP contribution is 2.23. The van der Waals surface area contributed by atoms with Crippen molar-refractivity contribution in [2.75, 3.05) is 7.05 Å². The largest absolute Gasteiger partial charge is 0.375 e. The van der Waals surface area contributed by atoms with Crippen LogP contribution in [0.5, 0.6) is 0 Å². The average molecular weight is 320 g/mol. The summed E-state index contributed by atoms with van der Waals surface area (Å²) in [5.41, 5.74) is 1.31. The van der Waals surface area contributed by atoms with E-state index in [1.807, 2.05) is 0 Å². The maximum atomic E-state index is 4.35. The summed E-state index contributed by atoms with van der Waals surface area (Å²) in [6.45, 7) is 13.3. The summed E-state index contributed by atoms with van der Waals surface area (Å²) >= 11 is 0. The lowest BCUT2D eigenvalue weighted by Gasteiger charge is -2.30. The second-order valence-corrected chi connectivity index (χ2v) is 6.85. The van der Waals surface area contributed by atoms with Crippen molar-refractivity contribution in [3.05, 3.63) is 36.6 Å². The number of nitrogens with zero attached hydrogens (tertiary/aromatic N) is 1. The minimum atomic E-state index is 0.536. The molecule has 2 unspecified atom stereocenters. The van der Waals surface area contributed by atoms with Crippen molar-refractivity contribution >= 4 is 0 Å². The van der Waals surface area contributed by atoms with Crippen LogP contribution in [0.2, 0.25) is 0 Å². The van der Waals surface area contributed by atoms with E-state index in [0.717, 1.165) is 31.6 Å².